The predicted octanol–water partition coefficient (Wildman–Crippen LogP) is 1.33. The second kappa shape index (κ2) is 9.88. The number of nitrogens with one attached hydrogen (secondary N) is 2. The van der Waals surface area contributed by atoms with Crippen molar-refractivity contribution in [2.45, 2.75) is 38.4 Å². The van der Waals surface area contributed by atoms with Crippen LogP contribution in [-0.2, 0) is 11.3 Å². The van der Waals surface area contributed by atoms with Crippen LogP contribution in [0.25, 0.3) is 0 Å². The topological polar surface area (TPSA) is 50.1 Å². The molecule has 3 rings (SSSR count). The van der Waals surface area contributed by atoms with Crippen LogP contribution in [0.4, 0.5) is 0 Å². The Balaban J connectivity index is 1.37. The molecule has 0 spiro atoms. The highest BCUT2D eigenvalue weighted by Gasteiger charge is 2.24. The Labute approximate surface area is 166 Å². The third-order valence-corrected chi connectivity index (χ3v) is 5.75. The van der Waals surface area contributed by atoms with Gasteiger partial charge in [0.2, 0.25) is 0 Å². The van der Waals surface area contributed by atoms with Crippen molar-refractivity contribution >= 4 is 17.5 Å². The van der Waals surface area contributed by atoms with E-state index in [9.17, 15) is 4.79 Å². The van der Waals surface area contributed by atoms with Gasteiger partial charge in [-0.15, -0.1) is 0 Å². The Kier molecular flexibility index (Phi) is 7.27. The molecule has 5 heteroatoms. The number of halogens is 1. The first-order valence-electron chi connectivity index (χ1n) is 9.86. The van der Waals surface area contributed by atoms with E-state index in [2.05, 4.69) is 42.6 Å². The molecule has 1 fully saturated rings. The molecule has 0 aromatic heterocycles. The molecule has 1 atom stereocenters. The van der Waals surface area contributed by atoms with E-state index in [4.69, 9.17) is 11.6 Å². The fourth-order valence-electron chi connectivity index (χ4n) is 3.77. The van der Waals surface area contributed by atoms with Crippen LogP contribution in [0.2, 0.25) is 5.02 Å². The highest BCUT2D eigenvalue weighted by molar-refractivity contribution is 6.31. The van der Waals surface area contributed by atoms with Gasteiger partial charge in [-0.1, -0.05) is 60.1 Å². The number of hydrogen-bond donors (Lipinski definition) is 3. The molecule has 0 saturated carbocycles. The summed E-state index contributed by atoms with van der Waals surface area (Å²) in [6, 6.07) is 18.9. The minimum atomic E-state index is 0.116. The van der Waals surface area contributed by atoms with Gasteiger partial charge < -0.3 is 15.5 Å². The monoisotopic (exact) mass is 387 g/mol. The second-order valence-electron chi connectivity index (χ2n) is 7.50. The summed E-state index contributed by atoms with van der Waals surface area (Å²) in [5, 5.41) is 6.02. The normalized spacial score (nSPS) is 20.8. The van der Waals surface area contributed by atoms with E-state index in [1.165, 1.54) is 5.56 Å². The van der Waals surface area contributed by atoms with Gasteiger partial charge in [0.1, 0.15) is 12.6 Å². The van der Waals surface area contributed by atoms with Crippen LogP contribution in [0.3, 0.4) is 0 Å². The van der Waals surface area contributed by atoms with Crippen LogP contribution in [-0.4, -0.2) is 31.6 Å². The van der Waals surface area contributed by atoms with E-state index < -0.39 is 0 Å². The number of hydrogen-bond acceptors (Lipinski definition) is 1. The van der Waals surface area contributed by atoms with Crippen LogP contribution < -0.4 is 15.5 Å². The Bertz CT molecular complexity index is 729. The second-order valence-corrected chi connectivity index (χ2v) is 7.91. The van der Waals surface area contributed by atoms with Crippen molar-refractivity contribution < 1.29 is 15.0 Å². The van der Waals surface area contributed by atoms with Crippen molar-refractivity contribution in [2.75, 3.05) is 19.6 Å². The largest absolute Gasteiger partial charge is 0.348 e. The van der Waals surface area contributed by atoms with Gasteiger partial charge in [0.25, 0.3) is 5.91 Å². The summed E-state index contributed by atoms with van der Waals surface area (Å²) < 4.78 is 0. The van der Waals surface area contributed by atoms with Crippen LogP contribution >= 0.6 is 11.6 Å². The van der Waals surface area contributed by atoms with Gasteiger partial charge in [0.05, 0.1) is 13.1 Å². The van der Waals surface area contributed by atoms with E-state index in [1.807, 2.05) is 29.6 Å². The van der Waals surface area contributed by atoms with E-state index in [0.717, 1.165) is 43.1 Å². The highest BCUT2D eigenvalue weighted by Crippen LogP contribution is 2.19. The van der Waals surface area contributed by atoms with E-state index in [0.29, 0.717) is 12.6 Å². The first-order valence-corrected chi connectivity index (χ1v) is 10.2. The third kappa shape index (κ3) is 6.06. The molecular formula is C22H30ClN3O+2. The Morgan fingerprint density at radius 1 is 1.15 bits per heavy atom. The minimum absolute atomic E-state index is 0.116. The van der Waals surface area contributed by atoms with Crippen molar-refractivity contribution in [1.29, 1.82) is 0 Å². The molecule has 144 valence electrons. The number of carbonyl (C=O) groups excluding carboxylic acids is 1. The molecule has 0 bridgehead atoms. The van der Waals surface area contributed by atoms with Crippen LogP contribution in [0.15, 0.2) is 54.6 Å². The lowest BCUT2D eigenvalue weighted by molar-refractivity contribution is -0.918. The van der Waals surface area contributed by atoms with Crippen molar-refractivity contribution in [3.63, 3.8) is 0 Å². The number of quaternary nitrogens is 2. The number of rotatable bonds is 7. The van der Waals surface area contributed by atoms with E-state index in [1.54, 1.807) is 4.90 Å². The smallest absolute Gasteiger partial charge is 0.275 e. The molecule has 0 aliphatic carbocycles. The van der Waals surface area contributed by atoms with Gasteiger partial charge in [0, 0.05) is 35.0 Å². The number of likely N-dealkylation sites (tertiary alicyclic amines) is 1. The summed E-state index contributed by atoms with van der Waals surface area (Å²) in [4.78, 5) is 13.9. The Hall–Kier alpha value is -1.88. The van der Waals surface area contributed by atoms with Gasteiger partial charge in [-0.25, -0.2) is 0 Å². The molecule has 2 aromatic carbocycles. The fourth-order valence-corrected chi connectivity index (χ4v) is 4.08. The first kappa shape index (κ1) is 19.9. The van der Waals surface area contributed by atoms with Gasteiger partial charge >= 0.3 is 0 Å². The Morgan fingerprint density at radius 3 is 2.52 bits per heavy atom. The molecule has 27 heavy (non-hydrogen) atoms. The molecule has 1 aliphatic heterocycles. The maximum absolute atomic E-state index is 12.3. The number of benzene rings is 2. The van der Waals surface area contributed by atoms with E-state index >= 15 is 0 Å². The fraction of sp³-hybridized carbons (Fsp3) is 0.409. The third-order valence-electron chi connectivity index (χ3n) is 5.41. The summed E-state index contributed by atoms with van der Waals surface area (Å²) in [5.41, 5.74) is 2.46. The number of carbonyl (C=O) groups is 1. The summed E-state index contributed by atoms with van der Waals surface area (Å²) in [6.07, 6.45) is 2.10. The zero-order valence-corrected chi connectivity index (χ0v) is 16.7. The molecule has 4 nitrogen and oxygen atoms in total. The average Bonchev–Trinajstić information content (AvgIpc) is 2.69. The number of amides is 1. The summed E-state index contributed by atoms with van der Waals surface area (Å²) in [7, 11) is 0. The maximum atomic E-state index is 12.3. The standard InChI is InChI=1S/C22H28ClN3O/c1-17(20-9-5-6-10-21(20)23)24-15-22(27)25-19-11-13-26(14-12-19)16-18-7-3-2-4-8-18/h2-10,17,19,24H,11-16H2,1H3,(H,25,27)/p+2/t17-/m0/s1. The molecule has 1 aliphatic rings. The lowest BCUT2D eigenvalue weighted by Gasteiger charge is -2.29. The maximum Gasteiger partial charge on any atom is 0.275 e. The van der Waals surface area contributed by atoms with Gasteiger partial charge in [0.15, 0.2) is 6.54 Å². The van der Waals surface area contributed by atoms with Crippen molar-refractivity contribution in [3.05, 3.63) is 70.7 Å². The van der Waals surface area contributed by atoms with Crippen LogP contribution in [0, 0.1) is 0 Å². The SMILES string of the molecule is C[C@H]([NH2+]CC(=O)NC1CC[NH+](Cc2ccccc2)CC1)c1ccccc1Cl. The number of piperidine rings is 1. The molecule has 1 amide bonds. The molecule has 2 aromatic rings. The van der Waals surface area contributed by atoms with Crippen LogP contribution in [0.1, 0.15) is 36.9 Å². The zero-order chi connectivity index (χ0) is 19.1. The number of nitrogens with two attached hydrogens (primary N) is 1. The predicted molar refractivity (Wildman–Crippen MR) is 109 cm³/mol. The van der Waals surface area contributed by atoms with Gasteiger partial charge in [-0.2, -0.15) is 0 Å². The first-order chi connectivity index (χ1) is 13.1. The molecular weight excluding hydrogens is 358 g/mol. The quantitative estimate of drug-likeness (QED) is 0.659. The average molecular weight is 388 g/mol. The van der Waals surface area contributed by atoms with Gasteiger partial charge in [-0.3, -0.25) is 4.79 Å². The minimum Gasteiger partial charge on any atom is -0.348 e. The van der Waals surface area contributed by atoms with Crippen molar-refractivity contribution in [1.82, 2.24) is 5.32 Å². The lowest BCUT2D eigenvalue weighted by Crippen LogP contribution is -3.12. The molecule has 4 N–H and O–H groups in total. The summed E-state index contributed by atoms with van der Waals surface area (Å²) >= 11 is 6.24. The highest BCUT2D eigenvalue weighted by atomic mass is 35.5. The molecule has 1 heterocycles. The Morgan fingerprint density at radius 2 is 1.81 bits per heavy atom. The van der Waals surface area contributed by atoms with Crippen molar-refractivity contribution in [3.8, 4) is 0 Å². The van der Waals surface area contributed by atoms with Crippen LogP contribution in [0.5, 0.6) is 0 Å². The zero-order valence-electron chi connectivity index (χ0n) is 16.0. The lowest BCUT2D eigenvalue weighted by atomic mass is 10.0. The molecule has 0 radical (unpaired) electrons. The van der Waals surface area contributed by atoms with Crippen molar-refractivity contribution in [2.24, 2.45) is 0 Å². The van der Waals surface area contributed by atoms with Gasteiger partial charge in [-0.05, 0) is 13.0 Å². The summed E-state index contributed by atoms with van der Waals surface area (Å²) in [5.74, 6) is 0.116. The van der Waals surface area contributed by atoms with E-state index in [-0.39, 0.29) is 11.9 Å². The molecule has 1 saturated heterocycles. The molecule has 0 unspecified atom stereocenters. The summed E-state index contributed by atoms with van der Waals surface area (Å²) in [6.45, 7) is 5.81.